The maximum absolute atomic E-state index is 11.7. The minimum absolute atomic E-state index is 0.0221. The number of benzene rings is 1. The Morgan fingerprint density at radius 3 is 1.94 bits per heavy atom. The van der Waals surface area contributed by atoms with Crippen molar-refractivity contribution in [1.82, 2.24) is 0 Å². The van der Waals surface area contributed by atoms with Crippen LogP contribution < -0.4 is 0 Å². The van der Waals surface area contributed by atoms with E-state index < -0.39 is 11.4 Å². The van der Waals surface area contributed by atoms with Gasteiger partial charge in [0.15, 0.2) is 0 Å². The fourth-order valence-electron chi connectivity index (χ4n) is 2.48. The molecule has 1 aromatic carbocycles. The van der Waals surface area contributed by atoms with Crippen LogP contribution in [0.5, 0.6) is 0 Å². The molecule has 3 heteroatoms. The summed E-state index contributed by atoms with van der Waals surface area (Å²) in [5.41, 5.74) is 1.51. The van der Waals surface area contributed by atoms with Crippen LogP contribution in [0.4, 0.5) is 0 Å². The molecule has 0 atom stereocenters. The van der Waals surface area contributed by atoms with Crippen LogP contribution in [0.2, 0.25) is 0 Å². The van der Waals surface area contributed by atoms with Crippen molar-refractivity contribution < 1.29 is 14.7 Å². The smallest absolute Gasteiger partial charge is 0.304 e. The number of fused-ring (bicyclic) bond motifs is 1. The largest absolute Gasteiger partial charge is 0.481 e. The second kappa shape index (κ2) is 5.80. The molecular formula is C15H20O3. The van der Waals surface area contributed by atoms with Crippen molar-refractivity contribution in [2.75, 3.05) is 0 Å². The Balaban J connectivity index is 0.000000771. The van der Waals surface area contributed by atoms with E-state index >= 15 is 0 Å². The Hall–Kier alpha value is -1.64. The van der Waals surface area contributed by atoms with Crippen molar-refractivity contribution in [3.63, 3.8) is 0 Å². The third-order valence-electron chi connectivity index (χ3n) is 3.41. The highest BCUT2D eigenvalue weighted by Crippen LogP contribution is 2.40. The second-order valence-electron chi connectivity index (χ2n) is 4.53. The molecule has 1 N–H and O–H groups in total. The summed E-state index contributed by atoms with van der Waals surface area (Å²) >= 11 is 0. The number of rotatable bonds is 3. The van der Waals surface area contributed by atoms with Gasteiger partial charge in [0.1, 0.15) is 5.78 Å². The number of hydrogen-bond donors (Lipinski definition) is 1. The second-order valence-corrected chi connectivity index (χ2v) is 4.53. The van der Waals surface area contributed by atoms with Crippen molar-refractivity contribution in [2.45, 2.75) is 40.0 Å². The van der Waals surface area contributed by atoms with Gasteiger partial charge in [0.05, 0.1) is 6.42 Å². The summed E-state index contributed by atoms with van der Waals surface area (Å²) in [5.74, 6) is -0.922. The highest BCUT2D eigenvalue weighted by molar-refractivity contribution is 5.88. The molecule has 0 fully saturated rings. The number of carboxylic acids is 1. The van der Waals surface area contributed by atoms with E-state index in [9.17, 15) is 9.59 Å². The van der Waals surface area contributed by atoms with Crippen LogP contribution in [0, 0.1) is 5.41 Å². The fraction of sp³-hybridized carbons (Fsp3) is 0.467. The summed E-state index contributed by atoms with van der Waals surface area (Å²) < 4.78 is 0. The summed E-state index contributed by atoms with van der Waals surface area (Å²) in [6.07, 6.45) is 1.05. The third-order valence-corrected chi connectivity index (χ3v) is 3.41. The molecule has 2 rings (SSSR count). The molecule has 0 spiro atoms. The zero-order valence-electron chi connectivity index (χ0n) is 11.2. The minimum Gasteiger partial charge on any atom is -0.481 e. The van der Waals surface area contributed by atoms with Crippen molar-refractivity contribution >= 4 is 11.8 Å². The Labute approximate surface area is 108 Å². The van der Waals surface area contributed by atoms with Crippen LogP contribution in [0.15, 0.2) is 24.3 Å². The van der Waals surface area contributed by atoms with Crippen LogP contribution in [0.3, 0.4) is 0 Å². The van der Waals surface area contributed by atoms with Gasteiger partial charge in [0, 0.05) is 5.41 Å². The van der Waals surface area contributed by atoms with E-state index in [0.717, 1.165) is 11.1 Å². The lowest BCUT2D eigenvalue weighted by Gasteiger charge is -2.23. The number of aliphatic carboxylic acids is 1. The predicted octanol–water partition coefficient (Wildman–Crippen LogP) is 2.86. The highest BCUT2D eigenvalue weighted by atomic mass is 16.4. The summed E-state index contributed by atoms with van der Waals surface area (Å²) in [6.45, 7) is 5.49. The van der Waals surface area contributed by atoms with Gasteiger partial charge in [-0.05, 0) is 30.9 Å². The van der Waals surface area contributed by atoms with Crippen LogP contribution in [0.1, 0.15) is 38.3 Å². The lowest BCUT2D eigenvalue weighted by atomic mass is 9.78. The summed E-state index contributed by atoms with van der Waals surface area (Å²) in [7, 11) is 0. The number of carbonyl (C=O) groups is 2. The molecule has 0 aromatic heterocycles. The van der Waals surface area contributed by atoms with Gasteiger partial charge in [0.2, 0.25) is 0 Å². The van der Waals surface area contributed by atoms with E-state index in [1.54, 1.807) is 0 Å². The van der Waals surface area contributed by atoms with E-state index in [1.807, 2.05) is 38.1 Å². The number of Topliss-reactive ketones (excluding diaryl/α,β-unsaturated/α-hetero) is 1. The van der Waals surface area contributed by atoms with Gasteiger partial charge in [-0.1, -0.05) is 38.1 Å². The molecule has 1 aromatic rings. The van der Waals surface area contributed by atoms with Crippen molar-refractivity contribution in [3.05, 3.63) is 35.4 Å². The average molecular weight is 248 g/mol. The van der Waals surface area contributed by atoms with Gasteiger partial charge in [-0.3, -0.25) is 9.59 Å². The first-order valence-corrected chi connectivity index (χ1v) is 6.33. The molecule has 1 aliphatic carbocycles. The monoisotopic (exact) mass is 248 g/mol. The highest BCUT2D eigenvalue weighted by Gasteiger charge is 2.42. The summed E-state index contributed by atoms with van der Waals surface area (Å²) in [4.78, 5) is 22.6. The molecule has 18 heavy (non-hydrogen) atoms. The molecule has 0 saturated heterocycles. The lowest BCUT2D eigenvalue weighted by molar-refractivity contribution is -0.143. The average Bonchev–Trinajstić information content (AvgIpc) is 2.70. The maximum Gasteiger partial charge on any atom is 0.304 e. The van der Waals surface area contributed by atoms with E-state index in [2.05, 4.69) is 0 Å². The Morgan fingerprint density at radius 1 is 1.17 bits per heavy atom. The molecule has 0 unspecified atom stereocenters. The van der Waals surface area contributed by atoms with Gasteiger partial charge in [-0.25, -0.2) is 0 Å². The Kier molecular flexibility index (Phi) is 4.65. The SMILES string of the molecule is CC.CC(=O)C1(CC(=O)O)Cc2ccccc2C1. The molecule has 98 valence electrons. The normalized spacial score (nSPS) is 15.3. The fourth-order valence-corrected chi connectivity index (χ4v) is 2.48. The van der Waals surface area contributed by atoms with Crippen molar-refractivity contribution in [1.29, 1.82) is 0 Å². The molecule has 0 bridgehead atoms. The van der Waals surface area contributed by atoms with E-state index in [1.165, 1.54) is 6.92 Å². The molecule has 3 nitrogen and oxygen atoms in total. The first kappa shape index (κ1) is 14.4. The van der Waals surface area contributed by atoms with E-state index in [4.69, 9.17) is 5.11 Å². The molecule has 0 radical (unpaired) electrons. The Bertz CT molecular complexity index is 424. The van der Waals surface area contributed by atoms with E-state index in [0.29, 0.717) is 12.8 Å². The zero-order chi connectivity index (χ0) is 13.8. The van der Waals surface area contributed by atoms with Crippen molar-refractivity contribution in [2.24, 2.45) is 5.41 Å². The molecule has 0 aliphatic heterocycles. The number of ketones is 1. The molecule has 0 heterocycles. The first-order chi connectivity index (χ1) is 8.53. The zero-order valence-corrected chi connectivity index (χ0v) is 11.2. The van der Waals surface area contributed by atoms with Gasteiger partial charge in [-0.2, -0.15) is 0 Å². The molecule has 1 aliphatic rings. The number of carboxylic acid groups (broad SMARTS) is 1. The predicted molar refractivity (Wildman–Crippen MR) is 70.6 cm³/mol. The summed E-state index contributed by atoms with van der Waals surface area (Å²) in [6, 6.07) is 7.80. The van der Waals surface area contributed by atoms with Crippen LogP contribution in [0.25, 0.3) is 0 Å². The van der Waals surface area contributed by atoms with Crippen LogP contribution >= 0.6 is 0 Å². The summed E-state index contributed by atoms with van der Waals surface area (Å²) in [5, 5.41) is 8.91. The van der Waals surface area contributed by atoms with Crippen LogP contribution in [-0.2, 0) is 22.4 Å². The minimum atomic E-state index is -0.900. The van der Waals surface area contributed by atoms with Gasteiger partial charge in [-0.15, -0.1) is 0 Å². The van der Waals surface area contributed by atoms with Gasteiger partial charge < -0.3 is 5.11 Å². The number of carbonyl (C=O) groups excluding carboxylic acids is 1. The van der Waals surface area contributed by atoms with Crippen molar-refractivity contribution in [3.8, 4) is 0 Å². The quantitative estimate of drug-likeness (QED) is 0.894. The van der Waals surface area contributed by atoms with E-state index in [-0.39, 0.29) is 12.2 Å². The topological polar surface area (TPSA) is 54.4 Å². The standard InChI is InChI=1S/C13H14O3.C2H6/c1-9(14)13(8-12(15)16)6-10-4-2-3-5-11(10)7-13;1-2/h2-5H,6-8H2,1H3,(H,15,16);1-2H3. The molecule has 0 saturated carbocycles. The Morgan fingerprint density at radius 2 is 1.61 bits per heavy atom. The number of hydrogen-bond acceptors (Lipinski definition) is 2. The van der Waals surface area contributed by atoms with Gasteiger partial charge >= 0.3 is 5.97 Å². The van der Waals surface area contributed by atoms with Crippen LogP contribution in [-0.4, -0.2) is 16.9 Å². The third kappa shape index (κ3) is 2.78. The first-order valence-electron chi connectivity index (χ1n) is 6.33. The maximum atomic E-state index is 11.7. The van der Waals surface area contributed by atoms with Gasteiger partial charge in [0.25, 0.3) is 0 Å². The molecule has 0 amide bonds. The molecular weight excluding hydrogens is 228 g/mol. The lowest BCUT2D eigenvalue weighted by Crippen LogP contribution is -2.32.